The molecule has 0 aliphatic heterocycles. The van der Waals surface area contributed by atoms with Gasteiger partial charge in [0.25, 0.3) is 0 Å². The Kier molecular flexibility index (Phi) is 6.54. The highest BCUT2D eigenvalue weighted by atomic mass is 32.1. The maximum absolute atomic E-state index is 4.89. The molecule has 4 heterocycles. The molecule has 0 amide bonds. The summed E-state index contributed by atoms with van der Waals surface area (Å²) in [7, 11) is 0. The van der Waals surface area contributed by atoms with Crippen LogP contribution < -0.4 is 0 Å². The Morgan fingerprint density at radius 1 is 0.447 bits per heavy atom. The summed E-state index contributed by atoms with van der Waals surface area (Å²) >= 11 is 1.66. The summed E-state index contributed by atoms with van der Waals surface area (Å²) in [4.78, 5) is 20.3. The number of hydrogen-bond donors (Lipinski definition) is 0. The fourth-order valence-corrected chi connectivity index (χ4v) is 6.97. The first-order valence-corrected chi connectivity index (χ1v) is 16.1. The predicted molar refractivity (Wildman–Crippen MR) is 191 cm³/mol. The molecule has 0 saturated carbocycles. The molecule has 0 aliphatic carbocycles. The quantitative estimate of drug-likeness (QED) is 0.191. The van der Waals surface area contributed by atoms with E-state index in [0.717, 1.165) is 60.2 Å². The van der Waals surface area contributed by atoms with Crippen LogP contribution in [0.2, 0.25) is 0 Å². The molecular weight excluding hydrogens is 597 g/mol. The van der Waals surface area contributed by atoms with Gasteiger partial charge in [0.15, 0.2) is 17.5 Å². The van der Waals surface area contributed by atoms with Crippen LogP contribution >= 0.6 is 11.3 Å². The van der Waals surface area contributed by atoms with Crippen molar-refractivity contribution in [3.8, 4) is 56.5 Å². The van der Waals surface area contributed by atoms with Gasteiger partial charge >= 0.3 is 0 Å². The molecular formula is C40H24N6S. The molecule has 0 fully saturated rings. The molecule has 47 heavy (non-hydrogen) atoms. The van der Waals surface area contributed by atoms with Crippen LogP contribution in [0.1, 0.15) is 0 Å². The summed E-state index contributed by atoms with van der Waals surface area (Å²) in [5.74, 6) is 1.91. The van der Waals surface area contributed by atoms with Crippen LogP contribution in [0.25, 0.3) is 87.8 Å². The molecule has 0 saturated heterocycles. The molecule has 0 bridgehead atoms. The van der Waals surface area contributed by atoms with E-state index in [4.69, 9.17) is 19.9 Å². The van der Waals surface area contributed by atoms with E-state index >= 15 is 0 Å². The summed E-state index contributed by atoms with van der Waals surface area (Å²) < 4.78 is 1.20. The van der Waals surface area contributed by atoms with Crippen LogP contribution in [0.4, 0.5) is 0 Å². The van der Waals surface area contributed by atoms with Crippen LogP contribution in [0.5, 0.6) is 0 Å². The minimum atomic E-state index is 0.624. The summed E-state index contributed by atoms with van der Waals surface area (Å²) in [5.41, 5.74) is 7.57. The zero-order chi connectivity index (χ0) is 31.2. The topological polar surface area (TPSA) is 77.3 Å². The number of fused-ring (bicyclic) bond motifs is 4. The lowest BCUT2D eigenvalue weighted by Crippen LogP contribution is -2.00. The Morgan fingerprint density at radius 2 is 1.06 bits per heavy atom. The lowest BCUT2D eigenvalue weighted by molar-refractivity contribution is 1.07. The van der Waals surface area contributed by atoms with Crippen LogP contribution in [-0.4, -0.2) is 30.1 Å². The van der Waals surface area contributed by atoms with Gasteiger partial charge in [0.1, 0.15) is 4.83 Å². The molecule has 0 N–H and O–H groups in total. The zero-order valence-electron chi connectivity index (χ0n) is 24.9. The van der Waals surface area contributed by atoms with Crippen molar-refractivity contribution in [3.63, 3.8) is 0 Å². The fourth-order valence-electron chi connectivity index (χ4n) is 5.97. The Morgan fingerprint density at radius 3 is 1.77 bits per heavy atom. The van der Waals surface area contributed by atoms with E-state index in [1.807, 2.05) is 72.9 Å². The third kappa shape index (κ3) is 4.99. The highest BCUT2D eigenvalue weighted by molar-refractivity contribution is 7.25. The monoisotopic (exact) mass is 620 g/mol. The summed E-state index contributed by atoms with van der Waals surface area (Å²) in [5, 5.41) is 12.6. The molecule has 0 aliphatic rings. The van der Waals surface area contributed by atoms with Gasteiger partial charge in [0, 0.05) is 49.3 Å². The van der Waals surface area contributed by atoms with E-state index in [1.165, 1.54) is 10.1 Å². The standard InChI is InChI=1S/C40H24N6S/c1-3-10-26(11-4-1)37-42-38(27-12-5-2-6-13-27)44-39(43-37)28-19-17-25(18-20-28)30-22-29-14-9-21-41-36(29)33(23-30)34-24-32-31-15-7-8-16-35(31)47-40(32)46-45-34/h1-24H. The lowest BCUT2D eigenvalue weighted by Gasteiger charge is -2.11. The smallest absolute Gasteiger partial charge is 0.164 e. The average Bonchev–Trinajstić information content (AvgIpc) is 3.53. The predicted octanol–water partition coefficient (Wildman–Crippen LogP) is 9.91. The SMILES string of the molecule is c1ccc(-c2nc(-c3ccccc3)nc(-c3ccc(-c4cc(-c5cc6c(nn5)sc5ccccc56)c5ncccc5c4)cc3)n2)cc1. The van der Waals surface area contributed by atoms with Gasteiger partial charge in [-0.1, -0.05) is 109 Å². The maximum Gasteiger partial charge on any atom is 0.164 e. The molecule has 9 aromatic rings. The van der Waals surface area contributed by atoms with E-state index in [9.17, 15) is 0 Å². The Bertz CT molecular complexity index is 2510. The summed E-state index contributed by atoms with van der Waals surface area (Å²) in [6.45, 7) is 0. The zero-order valence-corrected chi connectivity index (χ0v) is 25.8. The fraction of sp³-hybridized carbons (Fsp3) is 0. The first-order chi connectivity index (χ1) is 23.3. The van der Waals surface area contributed by atoms with Crippen LogP contribution in [-0.2, 0) is 0 Å². The van der Waals surface area contributed by atoms with Crippen LogP contribution in [0.15, 0.2) is 146 Å². The number of rotatable bonds is 5. The Balaban J connectivity index is 1.14. The van der Waals surface area contributed by atoms with Crippen molar-refractivity contribution in [2.24, 2.45) is 0 Å². The summed E-state index contributed by atoms with van der Waals surface area (Å²) in [6.07, 6.45) is 1.83. The minimum absolute atomic E-state index is 0.624. The van der Waals surface area contributed by atoms with Gasteiger partial charge in [-0.3, -0.25) is 4.98 Å². The second-order valence-electron chi connectivity index (χ2n) is 11.3. The van der Waals surface area contributed by atoms with Crippen LogP contribution in [0.3, 0.4) is 0 Å². The minimum Gasteiger partial charge on any atom is -0.256 e. The van der Waals surface area contributed by atoms with E-state index in [1.54, 1.807) is 11.3 Å². The van der Waals surface area contributed by atoms with Gasteiger partial charge in [-0.05, 0) is 41.5 Å². The highest BCUT2D eigenvalue weighted by Crippen LogP contribution is 2.37. The Hall–Kier alpha value is -6.18. The van der Waals surface area contributed by atoms with E-state index in [-0.39, 0.29) is 0 Å². The van der Waals surface area contributed by atoms with Crippen LogP contribution in [0, 0.1) is 0 Å². The van der Waals surface area contributed by atoms with Crippen molar-refractivity contribution in [3.05, 3.63) is 146 Å². The normalized spacial score (nSPS) is 11.4. The van der Waals surface area contributed by atoms with Gasteiger partial charge in [0.2, 0.25) is 0 Å². The van der Waals surface area contributed by atoms with Gasteiger partial charge < -0.3 is 0 Å². The Labute approximate surface area is 274 Å². The second kappa shape index (κ2) is 11.3. The molecule has 220 valence electrons. The van der Waals surface area contributed by atoms with Crippen molar-refractivity contribution in [2.75, 3.05) is 0 Å². The van der Waals surface area contributed by atoms with Crippen molar-refractivity contribution >= 4 is 42.5 Å². The number of aromatic nitrogens is 6. The van der Waals surface area contributed by atoms with Gasteiger partial charge in [-0.2, -0.15) is 0 Å². The molecule has 7 heteroatoms. The second-order valence-corrected chi connectivity index (χ2v) is 12.3. The van der Waals surface area contributed by atoms with Gasteiger partial charge in [-0.25, -0.2) is 15.0 Å². The number of hydrogen-bond acceptors (Lipinski definition) is 7. The molecule has 6 nitrogen and oxygen atoms in total. The molecule has 0 unspecified atom stereocenters. The lowest BCUT2D eigenvalue weighted by atomic mass is 9.97. The summed E-state index contributed by atoms with van der Waals surface area (Å²) in [6, 6.07) is 47.4. The van der Waals surface area contributed by atoms with Crippen molar-refractivity contribution in [1.82, 2.24) is 30.1 Å². The number of pyridine rings is 1. The molecule has 0 radical (unpaired) electrons. The number of benzene rings is 5. The molecule has 4 aromatic heterocycles. The van der Waals surface area contributed by atoms with E-state index in [0.29, 0.717) is 17.5 Å². The first-order valence-electron chi connectivity index (χ1n) is 15.3. The first kappa shape index (κ1) is 27.2. The molecule has 0 atom stereocenters. The number of nitrogens with zero attached hydrogens (tertiary/aromatic N) is 6. The molecule has 0 spiro atoms. The molecule has 9 rings (SSSR count). The highest BCUT2D eigenvalue weighted by Gasteiger charge is 2.15. The van der Waals surface area contributed by atoms with E-state index < -0.39 is 0 Å². The van der Waals surface area contributed by atoms with E-state index in [2.05, 4.69) is 83.0 Å². The largest absolute Gasteiger partial charge is 0.256 e. The van der Waals surface area contributed by atoms with Gasteiger partial charge in [-0.15, -0.1) is 21.5 Å². The number of thiophene rings is 1. The van der Waals surface area contributed by atoms with Gasteiger partial charge in [0.05, 0.1) is 11.2 Å². The average molecular weight is 621 g/mol. The maximum atomic E-state index is 4.89. The molecule has 5 aromatic carbocycles. The third-order valence-electron chi connectivity index (χ3n) is 8.30. The van der Waals surface area contributed by atoms with Crippen molar-refractivity contribution < 1.29 is 0 Å². The third-order valence-corrected chi connectivity index (χ3v) is 9.37. The van der Waals surface area contributed by atoms with Crippen molar-refractivity contribution in [1.29, 1.82) is 0 Å². The van der Waals surface area contributed by atoms with Crippen molar-refractivity contribution in [2.45, 2.75) is 0 Å².